The van der Waals surface area contributed by atoms with Gasteiger partial charge in [0, 0.05) is 8.95 Å². The van der Waals surface area contributed by atoms with Gasteiger partial charge in [0.05, 0.1) is 11.3 Å². The van der Waals surface area contributed by atoms with E-state index < -0.39 is 17.6 Å². The SMILES string of the molecule is O=C(COc1ccc(C(F)(F)F)cc1)Nc1ccc(Br)cc1Br. The van der Waals surface area contributed by atoms with Gasteiger partial charge < -0.3 is 10.1 Å². The zero-order valence-electron chi connectivity index (χ0n) is 11.5. The van der Waals surface area contributed by atoms with Crippen molar-refractivity contribution < 1.29 is 22.7 Å². The van der Waals surface area contributed by atoms with E-state index in [4.69, 9.17) is 4.74 Å². The topological polar surface area (TPSA) is 38.3 Å². The van der Waals surface area contributed by atoms with Gasteiger partial charge in [0.25, 0.3) is 5.91 Å². The predicted octanol–water partition coefficient (Wildman–Crippen LogP) is 5.25. The molecule has 0 fully saturated rings. The third-order valence-electron chi connectivity index (χ3n) is 2.76. The fourth-order valence-electron chi connectivity index (χ4n) is 1.67. The van der Waals surface area contributed by atoms with Gasteiger partial charge >= 0.3 is 6.18 Å². The molecule has 23 heavy (non-hydrogen) atoms. The van der Waals surface area contributed by atoms with Crippen LogP contribution in [0.4, 0.5) is 18.9 Å². The highest BCUT2D eigenvalue weighted by Crippen LogP contribution is 2.30. The molecule has 122 valence electrons. The molecule has 1 N–H and O–H groups in total. The molecular formula is C15H10Br2F3NO2. The van der Waals surface area contributed by atoms with Crippen LogP contribution in [0.5, 0.6) is 5.75 Å². The number of hydrogen-bond donors (Lipinski definition) is 1. The van der Waals surface area contributed by atoms with Crippen molar-refractivity contribution in [3.05, 3.63) is 57.0 Å². The monoisotopic (exact) mass is 451 g/mol. The summed E-state index contributed by atoms with van der Waals surface area (Å²) in [6, 6.07) is 9.38. The molecule has 0 saturated carbocycles. The number of amides is 1. The van der Waals surface area contributed by atoms with Crippen LogP contribution in [0.3, 0.4) is 0 Å². The molecule has 2 aromatic rings. The molecule has 2 rings (SSSR count). The molecule has 0 aliphatic heterocycles. The molecule has 0 unspecified atom stereocenters. The van der Waals surface area contributed by atoms with E-state index in [-0.39, 0.29) is 12.4 Å². The number of hydrogen-bond acceptors (Lipinski definition) is 2. The van der Waals surface area contributed by atoms with Gasteiger partial charge in [0.15, 0.2) is 6.61 Å². The Morgan fingerprint density at radius 1 is 1.09 bits per heavy atom. The smallest absolute Gasteiger partial charge is 0.416 e. The van der Waals surface area contributed by atoms with Crippen molar-refractivity contribution in [1.82, 2.24) is 0 Å². The maximum Gasteiger partial charge on any atom is 0.416 e. The number of nitrogens with one attached hydrogen (secondary N) is 1. The van der Waals surface area contributed by atoms with Crippen LogP contribution in [0.1, 0.15) is 5.56 Å². The third-order valence-corrected chi connectivity index (χ3v) is 3.91. The quantitative estimate of drug-likeness (QED) is 0.688. The van der Waals surface area contributed by atoms with Crippen molar-refractivity contribution in [3.63, 3.8) is 0 Å². The second-order valence-corrected chi connectivity index (χ2v) is 6.25. The summed E-state index contributed by atoms with van der Waals surface area (Å²) < 4.78 is 44.0. The number of alkyl halides is 3. The van der Waals surface area contributed by atoms with Gasteiger partial charge in [0.1, 0.15) is 5.75 Å². The Balaban J connectivity index is 1.91. The number of carbonyl (C=O) groups excluding carboxylic acids is 1. The predicted molar refractivity (Wildman–Crippen MR) is 87.4 cm³/mol. The third kappa shape index (κ3) is 5.24. The summed E-state index contributed by atoms with van der Waals surface area (Å²) in [6.07, 6.45) is -4.40. The average Bonchev–Trinajstić information content (AvgIpc) is 2.47. The second-order valence-electron chi connectivity index (χ2n) is 4.48. The number of benzene rings is 2. The van der Waals surface area contributed by atoms with Crippen LogP contribution in [0, 0.1) is 0 Å². The molecule has 0 atom stereocenters. The van der Waals surface area contributed by atoms with Gasteiger partial charge in [-0.1, -0.05) is 15.9 Å². The Labute approximate surface area is 147 Å². The minimum atomic E-state index is -4.40. The Morgan fingerprint density at radius 3 is 2.30 bits per heavy atom. The van der Waals surface area contributed by atoms with Crippen LogP contribution in [-0.2, 0) is 11.0 Å². The van der Waals surface area contributed by atoms with Crippen molar-refractivity contribution in [2.45, 2.75) is 6.18 Å². The van der Waals surface area contributed by atoms with E-state index in [1.165, 1.54) is 12.1 Å². The maximum absolute atomic E-state index is 12.4. The molecule has 0 aliphatic rings. The number of rotatable bonds is 4. The van der Waals surface area contributed by atoms with E-state index in [1.54, 1.807) is 18.2 Å². The Bertz CT molecular complexity index is 703. The summed E-state index contributed by atoms with van der Waals surface area (Å²) >= 11 is 6.60. The van der Waals surface area contributed by atoms with Crippen molar-refractivity contribution in [2.24, 2.45) is 0 Å². The van der Waals surface area contributed by atoms with Crippen molar-refractivity contribution in [2.75, 3.05) is 11.9 Å². The summed E-state index contributed by atoms with van der Waals surface area (Å²) in [5.74, 6) is -0.240. The number of carbonyl (C=O) groups is 1. The van der Waals surface area contributed by atoms with Crippen LogP contribution in [0.2, 0.25) is 0 Å². The van der Waals surface area contributed by atoms with Crippen LogP contribution >= 0.6 is 31.9 Å². The van der Waals surface area contributed by atoms with E-state index in [2.05, 4.69) is 37.2 Å². The Hall–Kier alpha value is -1.54. The first-order chi connectivity index (χ1) is 10.8. The highest BCUT2D eigenvalue weighted by molar-refractivity contribution is 9.11. The summed E-state index contributed by atoms with van der Waals surface area (Å²) in [7, 11) is 0. The van der Waals surface area contributed by atoms with E-state index in [9.17, 15) is 18.0 Å². The molecule has 0 aliphatic carbocycles. The molecular weight excluding hydrogens is 443 g/mol. The minimum Gasteiger partial charge on any atom is -0.484 e. The van der Waals surface area contributed by atoms with E-state index in [0.29, 0.717) is 10.2 Å². The minimum absolute atomic E-state index is 0.183. The fourth-order valence-corrected chi connectivity index (χ4v) is 2.81. The van der Waals surface area contributed by atoms with E-state index in [0.717, 1.165) is 16.6 Å². The summed E-state index contributed by atoms with van der Waals surface area (Å²) in [5, 5.41) is 2.63. The van der Waals surface area contributed by atoms with Gasteiger partial charge in [-0.15, -0.1) is 0 Å². The Kier molecular flexibility index (Phi) is 5.69. The van der Waals surface area contributed by atoms with Crippen LogP contribution in [0.25, 0.3) is 0 Å². The molecule has 0 spiro atoms. The van der Waals surface area contributed by atoms with Crippen molar-refractivity contribution in [3.8, 4) is 5.75 Å². The van der Waals surface area contributed by atoms with Crippen LogP contribution < -0.4 is 10.1 Å². The lowest BCUT2D eigenvalue weighted by Crippen LogP contribution is -2.20. The molecule has 0 radical (unpaired) electrons. The second kappa shape index (κ2) is 7.35. The lowest BCUT2D eigenvalue weighted by atomic mass is 10.2. The highest BCUT2D eigenvalue weighted by Gasteiger charge is 2.30. The fraction of sp³-hybridized carbons (Fsp3) is 0.133. The molecule has 0 heterocycles. The summed E-state index contributed by atoms with van der Waals surface area (Å²) in [6.45, 7) is -0.312. The molecule has 1 amide bonds. The zero-order valence-corrected chi connectivity index (χ0v) is 14.6. The van der Waals surface area contributed by atoms with Gasteiger partial charge in [-0.2, -0.15) is 13.2 Å². The lowest BCUT2D eigenvalue weighted by Gasteiger charge is -2.10. The number of ether oxygens (including phenoxy) is 1. The largest absolute Gasteiger partial charge is 0.484 e. The van der Waals surface area contributed by atoms with Gasteiger partial charge in [0.2, 0.25) is 0 Å². The molecule has 0 aromatic heterocycles. The number of halogens is 5. The van der Waals surface area contributed by atoms with E-state index in [1.807, 2.05) is 0 Å². The van der Waals surface area contributed by atoms with Gasteiger partial charge in [-0.3, -0.25) is 4.79 Å². The van der Waals surface area contributed by atoms with Gasteiger partial charge in [-0.05, 0) is 58.4 Å². The first kappa shape index (κ1) is 17.8. The first-order valence-electron chi connectivity index (χ1n) is 6.30. The summed E-state index contributed by atoms with van der Waals surface area (Å²) in [4.78, 5) is 11.8. The molecule has 8 heteroatoms. The highest BCUT2D eigenvalue weighted by atomic mass is 79.9. The van der Waals surface area contributed by atoms with E-state index >= 15 is 0 Å². The molecule has 0 saturated heterocycles. The molecule has 0 bridgehead atoms. The van der Waals surface area contributed by atoms with Gasteiger partial charge in [-0.25, -0.2) is 0 Å². The normalized spacial score (nSPS) is 11.2. The molecule has 2 aromatic carbocycles. The van der Waals surface area contributed by atoms with Crippen LogP contribution in [0.15, 0.2) is 51.4 Å². The van der Waals surface area contributed by atoms with Crippen molar-refractivity contribution in [1.29, 1.82) is 0 Å². The maximum atomic E-state index is 12.4. The lowest BCUT2D eigenvalue weighted by molar-refractivity contribution is -0.137. The first-order valence-corrected chi connectivity index (χ1v) is 7.89. The zero-order chi connectivity index (χ0) is 17.0. The average molecular weight is 453 g/mol. The Morgan fingerprint density at radius 2 is 1.74 bits per heavy atom. The molecule has 3 nitrogen and oxygen atoms in total. The standard InChI is InChI=1S/C15H10Br2F3NO2/c16-10-3-6-13(12(17)7-10)21-14(22)8-23-11-4-1-9(2-5-11)15(18,19)20/h1-7H,8H2,(H,21,22). The van der Waals surface area contributed by atoms with Crippen LogP contribution in [-0.4, -0.2) is 12.5 Å². The summed E-state index contributed by atoms with van der Waals surface area (Å²) in [5.41, 5.74) is -0.206. The number of anilines is 1. The van der Waals surface area contributed by atoms with Crippen molar-refractivity contribution >= 4 is 43.5 Å².